The van der Waals surface area contributed by atoms with E-state index in [1.165, 1.54) is 22.6 Å². The lowest BCUT2D eigenvalue weighted by Crippen LogP contribution is -2.32. The van der Waals surface area contributed by atoms with E-state index in [-0.39, 0.29) is 10.6 Å². The predicted octanol–water partition coefficient (Wildman–Crippen LogP) is 1.76. The van der Waals surface area contributed by atoms with Crippen molar-refractivity contribution in [3.63, 3.8) is 0 Å². The number of pyridine rings is 1. The van der Waals surface area contributed by atoms with Gasteiger partial charge in [-0.25, -0.2) is 13.4 Å². The van der Waals surface area contributed by atoms with Crippen molar-refractivity contribution in [2.45, 2.75) is 31.6 Å². The molecule has 0 aliphatic carbocycles. The van der Waals surface area contributed by atoms with Crippen molar-refractivity contribution in [2.24, 2.45) is 0 Å². The lowest BCUT2D eigenvalue weighted by atomic mass is 10.3. The Morgan fingerprint density at radius 2 is 2.17 bits per heavy atom. The maximum absolute atomic E-state index is 12.4. The van der Waals surface area contributed by atoms with Gasteiger partial charge in [0.2, 0.25) is 10.0 Å². The fourth-order valence-electron chi connectivity index (χ4n) is 1.60. The Morgan fingerprint density at radius 3 is 2.72 bits per heavy atom. The maximum Gasteiger partial charge on any atom is 0.245 e. The topological polar surface area (TPSA) is 74.1 Å². The van der Waals surface area contributed by atoms with Gasteiger partial charge in [0.05, 0.1) is 0 Å². The van der Waals surface area contributed by atoms with Gasteiger partial charge in [-0.1, -0.05) is 20.3 Å². The van der Waals surface area contributed by atoms with Crippen LogP contribution >= 0.6 is 0 Å². The summed E-state index contributed by atoms with van der Waals surface area (Å²) in [6.45, 7) is 4.65. The van der Waals surface area contributed by atoms with Crippen molar-refractivity contribution < 1.29 is 8.42 Å². The van der Waals surface area contributed by atoms with Gasteiger partial charge in [-0.05, 0) is 18.6 Å². The Hall–Kier alpha value is -1.45. The van der Waals surface area contributed by atoms with Crippen LogP contribution in [0.15, 0.2) is 23.2 Å². The Balaban J connectivity index is 3.15. The van der Waals surface area contributed by atoms with Gasteiger partial charge in [0.15, 0.2) is 5.69 Å². The molecule has 0 radical (unpaired) electrons. The first-order valence-electron chi connectivity index (χ1n) is 5.93. The minimum atomic E-state index is -3.62. The van der Waals surface area contributed by atoms with E-state index in [1.807, 2.05) is 13.0 Å². The number of hydrogen-bond donors (Lipinski definition) is 0. The van der Waals surface area contributed by atoms with E-state index in [0.717, 1.165) is 12.8 Å². The maximum atomic E-state index is 12.4. The van der Waals surface area contributed by atoms with Crippen molar-refractivity contribution in [3.8, 4) is 6.07 Å². The summed E-state index contributed by atoms with van der Waals surface area (Å²) in [6, 6.07) is 4.78. The highest BCUT2D eigenvalue weighted by molar-refractivity contribution is 7.89. The van der Waals surface area contributed by atoms with Gasteiger partial charge in [0.25, 0.3) is 0 Å². The van der Waals surface area contributed by atoms with Gasteiger partial charge in [-0.2, -0.15) is 9.57 Å². The third-order valence-electron chi connectivity index (χ3n) is 2.61. The number of nitriles is 1. The van der Waals surface area contributed by atoms with Crippen LogP contribution in [-0.4, -0.2) is 30.8 Å². The van der Waals surface area contributed by atoms with Gasteiger partial charge in [0, 0.05) is 19.3 Å². The van der Waals surface area contributed by atoms with Crippen LogP contribution in [0.25, 0.3) is 0 Å². The number of nitrogens with zero attached hydrogens (tertiary/aromatic N) is 3. The second-order valence-electron chi connectivity index (χ2n) is 3.81. The van der Waals surface area contributed by atoms with E-state index in [4.69, 9.17) is 5.26 Å². The highest BCUT2D eigenvalue weighted by Gasteiger charge is 2.25. The molecular weight excluding hydrogens is 250 g/mol. The third-order valence-corrected chi connectivity index (χ3v) is 4.61. The van der Waals surface area contributed by atoms with Crippen molar-refractivity contribution in [1.82, 2.24) is 9.29 Å². The molecule has 0 spiro atoms. The van der Waals surface area contributed by atoms with E-state index in [0.29, 0.717) is 13.1 Å². The average molecular weight is 267 g/mol. The van der Waals surface area contributed by atoms with E-state index >= 15 is 0 Å². The van der Waals surface area contributed by atoms with Crippen LogP contribution in [-0.2, 0) is 10.0 Å². The summed E-state index contributed by atoms with van der Waals surface area (Å²) < 4.78 is 26.2. The third kappa shape index (κ3) is 3.06. The second kappa shape index (κ2) is 6.47. The van der Waals surface area contributed by atoms with Crippen LogP contribution in [0.1, 0.15) is 32.4 Å². The van der Waals surface area contributed by atoms with Gasteiger partial charge in [0.1, 0.15) is 11.0 Å². The molecule has 6 heteroatoms. The molecule has 98 valence electrons. The number of unbranched alkanes of at least 4 members (excludes halogenated alkanes) is 1. The average Bonchev–Trinajstić information content (AvgIpc) is 2.39. The molecule has 18 heavy (non-hydrogen) atoms. The van der Waals surface area contributed by atoms with Gasteiger partial charge >= 0.3 is 0 Å². The van der Waals surface area contributed by atoms with Crippen molar-refractivity contribution in [2.75, 3.05) is 13.1 Å². The highest BCUT2D eigenvalue weighted by atomic mass is 32.2. The first-order valence-corrected chi connectivity index (χ1v) is 7.37. The molecule has 1 aromatic rings. The van der Waals surface area contributed by atoms with Crippen molar-refractivity contribution >= 4 is 10.0 Å². The molecule has 0 saturated carbocycles. The fraction of sp³-hybridized carbons (Fsp3) is 0.500. The summed E-state index contributed by atoms with van der Waals surface area (Å²) >= 11 is 0. The smallest absolute Gasteiger partial charge is 0.244 e. The molecule has 0 fully saturated rings. The highest BCUT2D eigenvalue weighted by Crippen LogP contribution is 2.18. The summed E-state index contributed by atoms with van der Waals surface area (Å²) in [5, 5.41) is 8.92. The van der Waals surface area contributed by atoms with Crippen LogP contribution in [0.4, 0.5) is 0 Å². The molecule has 0 unspecified atom stereocenters. The van der Waals surface area contributed by atoms with E-state index in [1.54, 1.807) is 6.92 Å². The molecule has 0 bridgehead atoms. The van der Waals surface area contributed by atoms with Crippen LogP contribution in [0.3, 0.4) is 0 Å². The Morgan fingerprint density at radius 1 is 1.44 bits per heavy atom. The van der Waals surface area contributed by atoms with Crippen LogP contribution < -0.4 is 0 Å². The summed E-state index contributed by atoms with van der Waals surface area (Å²) in [7, 11) is -3.62. The molecule has 1 rings (SSSR count). The summed E-state index contributed by atoms with van der Waals surface area (Å²) in [5.74, 6) is 0. The van der Waals surface area contributed by atoms with E-state index in [2.05, 4.69) is 4.98 Å². The standard InChI is InChI=1S/C12H17N3O2S/c1-3-5-9-15(4-2)18(16,17)12-7-6-8-14-11(12)10-13/h6-8H,3-5,9H2,1-2H3. The molecule has 0 atom stereocenters. The lowest BCUT2D eigenvalue weighted by molar-refractivity contribution is 0.418. The van der Waals surface area contributed by atoms with Gasteiger partial charge in [-0.3, -0.25) is 0 Å². The molecule has 0 amide bonds. The molecule has 0 aliphatic rings. The van der Waals surface area contributed by atoms with Crippen LogP contribution in [0.5, 0.6) is 0 Å². The predicted molar refractivity (Wildman–Crippen MR) is 68.3 cm³/mol. The molecule has 0 N–H and O–H groups in total. The number of sulfonamides is 1. The molecule has 1 aromatic heterocycles. The molecular formula is C12H17N3O2S. The largest absolute Gasteiger partial charge is 0.245 e. The molecule has 1 heterocycles. The molecule has 5 nitrogen and oxygen atoms in total. The normalized spacial score (nSPS) is 11.4. The number of rotatable bonds is 6. The summed E-state index contributed by atoms with van der Waals surface area (Å²) in [5.41, 5.74) is -0.0487. The Bertz CT molecular complexity index is 534. The van der Waals surface area contributed by atoms with Crippen LogP contribution in [0, 0.1) is 11.3 Å². The Kier molecular flexibility index (Phi) is 5.25. The minimum absolute atomic E-state index is 0.00884. The zero-order valence-corrected chi connectivity index (χ0v) is 11.4. The summed E-state index contributed by atoms with van der Waals surface area (Å²) in [6.07, 6.45) is 3.14. The number of hydrogen-bond acceptors (Lipinski definition) is 4. The molecule has 0 saturated heterocycles. The van der Waals surface area contributed by atoms with Crippen LogP contribution in [0.2, 0.25) is 0 Å². The molecule has 0 aromatic carbocycles. The first kappa shape index (κ1) is 14.6. The summed E-state index contributed by atoms with van der Waals surface area (Å²) in [4.78, 5) is 3.78. The SMILES string of the molecule is CCCCN(CC)S(=O)(=O)c1cccnc1C#N. The zero-order valence-electron chi connectivity index (χ0n) is 10.6. The van der Waals surface area contributed by atoms with Crippen molar-refractivity contribution in [1.29, 1.82) is 5.26 Å². The zero-order chi connectivity index (χ0) is 13.6. The van der Waals surface area contributed by atoms with E-state index < -0.39 is 10.0 Å². The second-order valence-corrected chi connectivity index (χ2v) is 5.72. The van der Waals surface area contributed by atoms with E-state index in [9.17, 15) is 8.42 Å². The quantitative estimate of drug-likeness (QED) is 0.787. The number of aromatic nitrogens is 1. The Labute approximate surface area is 108 Å². The van der Waals surface area contributed by atoms with Gasteiger partial charge < -0.3 is 0 Å². The van der Waals surface area contributed by atoms with Gasteiger partial charge in [-0.15, -0.1) is 0 Å². The minimum Gasteiger partial charge on any atom is -0.244 e. The fourth-order valence-corrected chi connectivity index (χ4v) is 3.19. The van der Waals surface area contributed by atoms with Crippen molar-refractivity contribution in [3.05, 3.63) is 24.0 Å². The lowest BCUT2D eigenvalue weighted by Gasteiger charge is -2.20. The first-order chi connectivity index (χ1) is 8.57. The molecule has 0 aliphatic heterocycles. The monoisotopic (exact) mass is 267 g/mol.